The van der Waals surface area contributed by atoms with Gasteiger partial charge in [0.15, 0.2) is 0 Å². The molecule has 144 valence electrons. The third kappa shape index (κ3) is 2.54. The highest BCUT2D eigenvalue weighted by atomic mass is 16.7. The Bertz CT molecular complexity index is 1110. The minimum Gasteiger partial charge on any atom is -0.378 e. The Labute approximate surface area is 169 Å². The number of fused-ring (bicyclic) bond motifs is 2. The van der Waals surface area contributed by atoms with Crippen LogP contribution >= 0.6 is 0 Å². The van der Waals surface area contributed by atoms with Gasteiger partial charge in [-0.1, -0.05) is 65.8 Å². The van der Waals surface area contributed by atoms with E-state index in [-0.39, 0.29) is 11.8 Å². The quantitative estimate of drug-likeness (QED) is 0.740. The number of carbonyl (C=O) groups is 1. The molecular formula is C24H21N3O2. The molecule has 1 N–H and O–H groups in total. The summed E-state index contributed by atoms with van der Waals surface area (Å²) in [7, 11) is 4.01. The number of nitrogens with zero attached hydrogens (tertiary/aromatic N) is 2. The first-order chi connectivity index (χ1) is 14.1. The summed E-state index contributed by atoms with van der Waals surface area (Å²) in [6.07, 6.45) is 0. The van der Waals surface area contributed by atoms with Gasteiger partial charge in [0.1, 0.15) is 0 Å². The van der Waals surface area contributed by atoms with E-state index < -0.39 is 5.60 Å². The fourth-order valence-corrected chi connectivity index (χ4v) is 4.24. The van der Waals surface area contributed by atoms with Crippen LogP contribution in [0.1, 0.15) is 22.6 Å². The van der Waals surface area contributed by atoms with Crippen LogP contribution in [0.2, 0.25) is 0 Å². The van der Waals surface area contributed by atoms with E-state index >= 15 is 0 Å². The third-order valence-electron chi connectivity index (χ3n) is 5.69. The van der Waals surface area contributed by atoms with Gasteiger partial charge in [-0.25, -0.2) is 0 Å². The summed E-state index contributed by atoms with van der Waals surface area (Å²) in [5, 5.41) is 7.44. The Kier molecular flexibility index (Phi) is 3.91. The van der Waals surface area contributed by atoms with E-state index in [4.69, 9.17) is 4.84 Å². The largest absolute Gasteiger partial charge is 0.378 e. The van der Waals surface area contributed by atoms with Gasteiger partial charge < -0.3 is 15.1 Å². The van der Waals surface area contributed by atoms with E-state index in [9.17, 15) is 4.79 Å². The highest BCUT2D eigenvalue weighted by Gasteiger charge is 2.61. The summed E-state index contributed by atoms with van der Waals surface area (Å²) in [4.78, 5) is 21.3. The molecule has 1 spiro atoms. The summed E-state index contributed by atoms with van der Waals surface area (Å²) in [6, 6.07) is 25.8. The van der Waals surface area contributed by atoms with E-state index in [1.807, 2.05) is 68.7 Å². The average Bonchev–Trinajstić information content (AvgIpc) is 3.28. The molecule has 1 amide bonds. The van der Waals surface area contributed by atoms with Gasteiger partial charge in [-0.05, 0) is 23.8 Å². The number of carbonyl (C=O) groups excluding carboxylic acids is 1. The molecule has 0 saturated heterocycles. The summed E-state index contributed by atoms with van der Waals surface area (Å²) in [6.45, 7) is 0. The zero-order chi connectivity index (χ0) is 20.0. The molecular weight excluding hydrogens is 362 g/mol. The maximum absolute atomic E-state index is 13.3. The van der Waals surface area contributed by atoms with Gasteiger partial charge in [-0.2, -0.15) is 0 Å². The molecule has 5 nitrogen and oxygen atoms in total. The highest BCUT2D eigenvalue weighted by Crippen LogP contribution is 2.52. The molecule has 29 heavy (non-hydrogen) atoms. The second-order valence-electron chi connectivity index (χ2n) is 7.59. The van der Waals surface area contributed by atoms with Crippen molar-refractivity contribution in [3.63, 3.8) is 0 Å². The first-order valence-corrected chi connectivity index (χ1v) is 9.61. The molecule has 0 radical (unpaired) electrons. The smallest absolute Gasteiger partial charge is 0.277 e. The SMILES string of the molecule is CN(C)c1ccc([C@H]2C(c3ccccc3)=NO[C@]23C(=O)Nc2ccccc23)cc1. The summed E-state index contributed by atoms with van der Waals surface area (Å²) in [5.41, 5.74) is 4.18. The molecule has 0 unspecified atom stereocenters. The number of rotatable bonds is 3. The van der Waals surface area contributed by atoms with Gasteiger partial charge in [-0.15, -0.1) is 0 Å². The van der Waals surface area contributed by atoms with Gasteiger partial charge in [0.2, 0.25) is 0 Å². The van der Waals surface area contributed by atoms with Crippen LogP contribution in [0, 0.1) is 0 Å². The van der Waals surface area contributed by atoms with Crippen molar-refractivity contribution >= 4 is 23.0 Å². The van der Waals surface area contributed by atoms with Crippen molar-refractivity contribution < 1.29 is 9.63 Å². The summed E-state index contributed by atoms with van der Waals surface area (Å²) < 4.78 is 0. The summed E-state index contributed by atoms with van der Waals surface area (Å²) in [5.74, 6) is -0.542. The normalized spacial score (nSPS) is 22.1. The van der Waals surface area contributed by atoms with Gasteiger partial charge >= 0.3 is 0 Å². The molecule has 5 heteroatoms. The zero-order valence-corrected chi connectivity index (χ0v) is 16.3. The first-order valence-electron chi connectivity index (χ1n) is 9.61. The van der Waals surface area contributed by atoms with Crippen LogP contribution in [0.15, 0.2) is 84.0 Å². The molecule has 5 rings (SSSR count). The topological polar surface area (TPSA) is 53.9 Å². The van der Waals surface area contributed by atoms with E-state index in [1.54, 1.807) is 0 Å². The molecule has 3 aromatic carbocycles. The standard InChI is InChI=1S/C24H21N3O2/c1-27(2)18-14-12-16(13-15-18)21-22(17-8-4-3-5-9-17)26-29-24(21)19-10-6-7-11-20(19)25-23(24)28/h3-15,21H,1-2H3,(H,25,28)/t21-,24-/m0/s1. The van der Waals surface area contributed by atoms with Crippen LogP contribution in [0.3, 0.4) is 0 Å². The fourth-order valence-electron chi connectivity index (χ4n) is 4.24. The maximum atomic E-state index is 13.3. The van der Waals surface area contributed by atoms with Crippen molar-refractivity contribution in [3.8, 4) is 0 Å². The van der Waals surface area contributed by atoms with Crippen LogP contribution in [0.25, 0.3) is 0 Å². The van der Waals surface area contributed by atoms with Crippen molar-refractivity contribution in [1.29, 1.82) is 0 Å². The molecule has 0 saturated carbocycles. The second kappa shape index (κ2) is 6.48. The molecule has 2 atom stereocenters. The van der Waals surface area contributed by atoms with Crippen LogP contribution in [0.4, 0.5) is 11.4 Å². The summed E-state index contributed by atoms with van der Waals surface area (Å²) >= 11 is 0. The lowest BCUT2D eigenvalue weighted by molar-refractivity contribution is -0.139. The Morgan fingerprint density at radius 2 is 1.62 bits per heavy atom. The molecule has 3 aromatic rings. The molecule has 0 bridgehead atoms. The average molecular weight is 383 g/mol. The third-order valence-corrected chi connectivity index (χ3v) is 5.69. The molecule has 0 fully saturated rings. The highest BCUT2D eigenvalue weighted by molar-refractivity contribution is 6.15. The molecule has 0 aromatic heterocycles. The first kappa shape index (κ1) is 17.5. The monoisotopic (exact) mass is 383 g/mol. The van der Waals surface area contributed by atoms with Crippen molar-refractivity contribution in [3.05, 3.63) is 95.6 Å². The van der Waals surface area contributed by atoms with E-state index in [1.165, 1.54) is 0 Å². The van der Waals surface area contributed by atoms with E-state index in [0.717, 1.165) is 33.8 Å². The van der Waals surface area contributed by atoms with Crippen molar-refractivity contribution in [2.75, 3.05) is 24.3 Å². The van der Waals surface area contributed by atoms with Crippen LogP contribution in [0.5, 0.6) is 0 Å². The van der Waals surface area contributed by atoms with Gasteiger partial charge in [0.25, 0.3) is 11.5 Å². The van der Waals surface area contributed by atoms with Crippen LogP contribution in [-0.2, 0) is 15.2 Å². The number of anilines is 2. The fraction of sp³-hybridized carbons (Fsp3) is 0.167. The Morgan fingerprint density at radius 1 is 0.931 bits per heavy atom. The molecule has 2 aliphatic rings. The number of para-hydroxylation sites is 1. The van der Waals surface area contributed by atoms with Crippen molar-refractivity contribution in [2.45, 2.75) is 11.5 Å². The van der Waals surface area contributed by atoms with Gasteiger partial charge in [0.05, 0.1) is 11.6 Å². The van der Waals surface area contributed by atoms with Gasteiger partial charge in [-0.3, -0.25) is 4.79 Å². The minimum atomic E-state index is -1.21. The molecule has 2 aliphatic heterocycles. The predicted octanol–water partition coefficient (Wildman–Crippen LogP) is 4.12. The number of benzene rings is 3. The van der Waals surface area contributed by atoms with Gasteiger partial charge in [0, 0.05) is 36.6 Å². The Balaban J connectivity index is 1.70. The van der Waals surface area contributed by atoms with Crippen molar-refractivity contribution in [1.82, 2.24) is 0 Å². The van der Waals surface area contributed by atoms with Crippen LogP contribution in [-0.4, -0.2) is 25.7 Å². The minimum absolute atomic E-state index is 0.185. The number of nitrogens with one attached hydrogen (secondary N) is 1. The van der Waals surface area contributed by atoms with Crippen LogP contribution < -0.4 is 10.2 Å². The maximum Gasteiger partial charge on any atom is 0.277 e. The lowest BCUT2D eigenvalue weighted by Gasteiger charge is -2.28. The predicted molar refractivity (Wildman–Crippen MR) is 114 cm³/mol. The zero-order valence-electron chi connectivity index (χ0n) is 16.3. The lowest BCUT2D eigenvalue weighted by Crippen LogP contribution is -2.41. The lowest BCUT2D eigenvalue weighted by atomic mass is 9.74. The van der Waals surface area contributed by atoms with Crippen molar-refractivity contribution in [2.24, 2.45) is 5.16 Å². The van der Waals surface area contributed by atoms with E-state index in [0.29, 0.717) is 0 Å². The Hall–Kier alpha value is -3.60. The second-order valence-corrected chi connectivity index (χ2v) is 7.59. The molecule has 0 aliphatic carbocycles. The number of amides is 1. The number of hydrogen-bond donors (Lipinski definition) is 1. The number of hydrogen-bond acceptors (Lipinski definition) is 4. The Morgan fingerprint density at radius 3 is 2.34 bits per heavy atom. The van der Waals surface area contributed by atoms with E-state index in [2.05, 4.69) is 39.6 Å². The molecule has 2 heterocycles. The number of oxime groups is 1.